The number of carbonyl (C=O) groups is 1. The number of esters is 1. The van der Waals surface area contributed by atoms with Crippen molar-refractivity contribution in [2.75, 3.05) is 11.9 Å². The van der Waals surface area contributed by atoms with E-state index in [9.17, 15) is 4.79 Å². The summed E-state index contributed by atoms with van der Waals surface area (Å²) in [6, 6.07) is 7.91. The van der Waals surface area contributed by atoms with Gasteiger partial charge in [-0.15, -0.1) is 0 Å². The fraction of sp³-hybridized carbons (Fsp3) is 0.533. The summed E-state index contributed by atoms with van der Waals surface area (Å²) in [5.41, 5.74) is 2.24. The number of ether oxygens (including phenoxy) is 1. The zero-order valence-corrected chi connectivity index (χ0v) is 11.7. The topological polar surface area (TPSA) is 38.3 Å². The second-order valence-corrected chi connectivity index (χ2v) is 4.64. The van der Waals surface area contributed by atoms with Crippen molar-refractivity contribution >= 4 is 11.7 Å². The van der Waals surface area contributed by atoms with Gasteiger partial charge in [-0.2, -0.15) is 0 Å². The van der Waals surface area contributed by atoms with Gasteiger partial charge in [0.15, 0.2) is 0 Å². The summed E-state index contributed by atoms with van der Waals surface area (Å²) in [4.78, 5) is 11.7. The van der Waals surface area contributed by atoms with Gasteiger partial charge >= 0.3 is 5.97 Å². The Bertz CT molecular complexity index is 388. The molecule has 0 bridgehead atoms. The van der Waals surface area contributed by atoms with E-state index >= 15 is 0 Å². The number of hydrogen-bond donors (Lipinski definition) is 1. The van der Waals surface area contributed by atoms with Crippen LogP contribution in [-0.4, -0.2) is 18.6 Å². The van der Waals surface area contributed by atoms with Crippen LogP contribution in [0.5, 0.6) is 0 Å². The highest BCUT2D eigenvalue weighted by molar-refractivity contribution is 5.79. The molecule has 0 saturated heterocycles. The summed E-state index contributed by atoms with van der Waals surface area (Å²) in [7, 11) is 0. The minimum atomic E-state index is -0.271. The fourth-order valence-corrected chi connectivity index (χ4v) is 1.76. The summed E-state index contributed by atoms with van der Waals surface area (Å²) >= 11 is 0. The summed E-state index contributed by atoms with van der Waals surface area (Å²) in [6.45, 7) is 8.53. The van der Waals surface area contributed by atoms with E-state index in [0.29, 0.717) is 18.9 Å². The molecule has 0 aliphatic carbocycles. The number of anilines is 1. The van der Waals surface area contributed by atoms with Gasteiger partial charge in [0.05, 0.1) is 6.61 Å². The molecule has 1 unspecified atom stereocenters. The van der Waals surface area contributed by atoms with E-state index in [0.717, 1.165) is 5.69 Å². The Morgan fingerprint density at radius 1 is 1.33 bits per heavy atom. The molecule has 0 fully saturated rings. The molecule has 0 aliphatic rings. The third-order valence-corrected chi connectivity index (χ3v) is 2.87. The van der Waals surface area contributed by atoms with Crippen LogP contribution in [0.3, 0.4) is 0 Å². The van der Waals surface area contributed by atoms with Crippen molar-refractivity contribution in [2.24, 2.45) is 0 Å². The van der Waals surface area contributed by atoms with E-state index < -0.39 is 0 Å². The summed E-state index contributed by atoms with van der Waals surface area (Å²) in [5, 5.41) is 3.23. The largest absolute Gasteiger partial charge is 0.464 e. The first-order chi connectivity index (χ1) is 8.58. The second kappa shape index (κ2) is 7.04. The number of benzene rings is 1. The average molecular weight is 249 g/mol. The van der Waals surface area contributed by atoms with E-state index in [2.05, 4.69) is 31.3 Å². The van der Waals surface area contributed by atoms with Gasteiger partial charge in [0.1, 0.15) is 6.04 Å². The van der Waals surface area contributed by atoms with Gasteiger partial charge in [0.25, 0.3) is 0 Å². The molecule has 1 aromatic rings. The summed E-state index contributed by atoms with van der Waals surface area (Å²) in [6.07, 6.45) is 0.713. The van der Waals surface area contributed by atoms with Crippen LogP contribution in [0, 0.1) is 0 Å². The Morgan fingerprint density at radius 2 is 2.06 bits per heavy atom. The molecule has 3 heteroatoms. The van der Waals surface area contributed by atoms with Crippen LogP contribution in [0.25, 0.3) is 0 Å². The Kier molecular flexibility index (Phi) is 5.69. The monoisotopic (exact) mass is 249 g/mol. The van der Waals surface area contributed by atoms with Crippen molar-refractivity contribution in [2.45, 2.75) is 46.1 Å². The number of nitrogens with one attached hydrogen (secondary N) is 1. The van der Waals surface area contributed by atoms with E-state index in [1.165, 1.54) is 5.56 Å². The normalized spacial score (nSPS) is 12.3. The highest BCUT2D eigenvalue weighted by Gasteiger charge is 2.17. The molecule has 0 aliphatic heterocycles. The zero-order valence-electron chi connectivity index (χ0n) is 11.7. The number of hydrogen-bond acceptors (Lipinski definition) is 3. The summed E-state index contributed by atoms with van der Waals surface area (Å²) < 4.78 is 5.04. The Labute approximate surface area is 110 Å². The van der Waals surface area contributed by atoms with Gasteiger partial charge < -0.3 is 10.1 Å². The first-order valence-electron chi connectivity index (χ1n) is 6.61. The lowest BCUT2D eigenvalue weighted by Crippen LogP contribution is -2.30. The molecular weight excluding hydrogens is 226 g/mol. The molecule has 1 aromatic carbocycles. The maximum atomic E-state index is 11.7. The van der Waals surface area contributed by atoms with Crippen molar-refractivity contribution < 1.29 is 9.53 Å². The molecule has 18 heavy (non-hydrogen) atoms. The predicted molar refractivity (Wildman–Crippen MR) is 74.9 cm³/mol. The third kappa shape index (κ3) is 4.06. The number of rotatable bonds is 6. The molecule has 0 amide bonds. The van der Waals surface area contributed by atoms with Gasteiger partial charge in [0.2, 0.25) is 0 Å². The number of carbonyl (C=O) groups excluding carboxylic acids is 1. The van der Waals surface area contributed by atoms with Crippen molar-refractivity contribution in [3.63, 3.8) is 0 Å². The SMILES string of the molecule is CCOC(=O)C(CC)Nc1cccc(C(C)C)c1. The molecule has 0 spiro atoms. The average Bonchev–Trinajstić information content (AvgIpc) is 2.36. The molecule has 1 rings (SSSR count). The highest BCUT2D eigenvalue weighted by Crippen LogP contribution is 2.19. The standard InChI is InChI=1S/C15H23NO2/c1-5-14(15(17)18-6-2)16-13-9-7-8-12(10-13)11(3)4/h7-11,14,16H,5-6H2,1-4H3. The van der Waals surface area contributed by atoms with Crippen LogP contribution in [0.4, 0.5) is 5.69 Å². The van der Waals surface area contributed by atoms with Crippen LogP contribution >= 0.6 is 0 Å². The van der Waals surface area contributed by atoms with E-state index in [4.69, 9.17) is 4.74 Å². The van der Waals surface area contributed by atoms with E-state index in [1.807, 2.05) is 26.0 Å². The van der Waals surface area contributed by atoms with Crippen LogP contribution in [0.15, 0.2) is 24.3 Å². The maximum Gasteiger partial charge on any atom is 0.328 e. The molecule has 0 heterocycles. The maximum absolute atomic E-state index is 11.7. The minimum Gasteiger partial charge on any atom is -0.464 e. The first kappa shape index (κ1) is 14.6. The third-order valence-electron chi connectivity index (χ3n) is 2.87. The predicted octanol–water partition coefficient (Wildman–Crippen LogP) is 3.56. The molecule has 1 atom stereocenters. The van der Waals surface area contributed by atoms with Crippen LogP contribution in [0.1, 0.15) is 45.6 Å². The molecule has 1 N–H and O–H groups in total. The fourth-order valence-electron chi connectivity index (χ4n) is 1.76. The Morgan fingerprint density at radius 3 is 2.61 bits per heavy atom. The lowest BCUT2D eigenvalue weighted by molar-refractivity contribution is -0.144. The first-order valence-corrected chi connectivity index (χ1v) is 6.61. The lowest BCUT2D eigenvalue weighted by Gasteiger charge is -2.17. The molecule has 100 valence electrons. The zero-order chi connectivity index (χ0) is 13.5. The van der Waals surface area contributed by atoms with Gasteiger partial charge in [-0.1, -0.05) is 32.9 Å². The smallest absolute Gasteiger partial charge is 0.328 e. The van der Waals surface area contributed by atoms with E-state index in [-0.39, 0.29) is 12.0 Å². The van der Waals surface area contributed by atoms with Crippen LogP contribution in [0.2, 0.25) is 0 Å². The lowest BCUT2D eigenvalue weighted by atomic mass is 10.0. The van der Waals surface area contributed by atoms with Crippen molar-refractivity contribution in [1.29, 1.82) is 0 Å². The Hall–Kier alpha value is -1.51. The summed E-state index contributed by atoms with van der Waals surface area (Å²) in [5.74, 6) is 0.296. The van der Waals surface area contributed by atoms with Crippen LogP contribution in [-0.2, 0) is 9.53 Å². The Balaban J connectivity index is 2.75. The van der Waals surface area contributed by atoms with Crippen molar-refractivity contribution in [3.05, 3.63) is 29.8 Å². The van der Waals surface area contributed by atoms with Gasteiger partial charge in [-0.05, 0) is 37.0 Å². The van der Waals surface area contributed by atoms with Gasteiger partial charge in [0, 0.05) is 5.69 Å². The van der Waals surface area contributed by atoms with Gasteiger partial charge in [-0.25, -0.2) is 4.79 Å². The quantitative estimate of drug-likeness (QED) is 0.783. The van der Waals surface area contributed by atoms with Crippen LogP contribution < -0.4 is 5.32 Å². The molecular formula is C15H23NO2. The molecule has 0 saturated carbocycles. The molecule has 0 aromatic heterocycles. The van der Waals surface area contributed by atoms with Crippen molar-refractivity contribution in [1.82, 2.24) is 0 Å². The second-order valence-electron chi connectivity index (χ2n) is 4.64. The van der Waals surface area contributed by atoms with Gasteiger partial charge in [-0.3, -0.25) is 0 Å². The minimum absolute atomic E-state index is 0.185. The van der Waals surface area contributed by atoms with Crippen molar-refractivity contribution in [3.8, 4) is 0 Å². The highest BCUT2D eigenvalue weighted by atomic mass is 16.5. The molecule has 3 nitrogen and oxygen atoms in total. The van der Waals surface area contributed by atoms with E-state index in [1.54, 1.807) is 0 Å². The molecule has 0 radical (unpaired) electrons.